The highest BCUT2D eigenvalue weighted by Crippen LogP contribution is 2.13. The Morgan fingerprint density at radius 3 is 2.58 bits per heavy atom. The summed E-state index contributed by atoms with van der Waals surface area (Å²) in [5.41, 5.74) is 2.11. The van der Waals surface area contributed by atoms with E-state index in [1.807, 2.05) is 61.1 Å². The quantitative estimate of drug-likeness (QED) is 0.758. The lowest BCUT2D eigenvalue weighted by Crippen LogP contribution is -2.32. The van der Waals surface area contributed by atoms with Crippen LogP contribution in [-0.2, 0) is 11.3 Å². The molecule has 0 fully saturated rings. The number of nitrogens with one attached hydrogen (secondary N) is 1. The lowest BCUT2D eigenvalue weighted by molar-refractivity contribution is -0.124. The Kier molecular flexibility index (Phi) is 4.74. The van der Waals surface area contributed by atoms with E-state index in [0.29, 0.717) is 13.0 Å². The molecular formula is C18H21N5O. The molecule has 0 unspecified atom stereocenters. The van der Waals surface area contributed by atoms with E-state index in [2.05, 4.69) is 15.4 Å². The van der Waals surface area contributed by atoms with Crippen LogP contribution in [0, 0.1) is 6.92 Å². The number of rotatable bonds is 6. The zero-order valence-corrected chi connectivity index (χ0v) is 13.9. The largest absolute Gasteiger partial charge is 0.350 e. The van der Waals surface area contributed by atoms with E-state index < -0.39 is 0 Å². The van der Waals surface area contributed by atoms with Crippen LogP contribution in [0.15, 0.2) is 55.1 Å². The smallest absolute Gasteiger partial charge is 0.245 e. The summed E-state index contributed by atoms with van der Waals surface area (Å²) in [6.07, 6.45) is 7.92. The van der Waals surface area contributed by atoms with Crippen molar-refractivity contribution in [2.45, 2.75) is 32.9 Å². The molecule has 2 heterocycles. The summed E-state index contributed by atoms with van der Waals surface area (Å²) >= 11 is 0. The molecule has 6 heteroatoms. The van der Waals surface area contributed by atoms with Crippen molar-refractivity contribution in [3.8, 4) is 5.69 Å². The molecule has 6 nitrogen and oxygen atoms in total. The molecule has 0 aliphatic heterocycles. The van der Waals surface area contributed by atoms with Gasteiger partial charge in [-0.05, 0) is 37.1 Å². The summed E-state index contributed by atoms with van der Waals surface area (Å²) in [5.74, 6) is 0.928. The van der Waals surface area contributed by atoms with E-state index in [1.165, 1.54) is 0 Å². The summed E-state index contributed by atoms with van der Waals surface area (Å²) in [4.78, 5) is 16.6. The van der Waals surface area contributed by atoms with Gasteiger partial charge in [0.15, 0.2) is 0 Å². The number of imidazole rings is 1. The number of aryl methyl sites for hydroxylation is 1. The van der Waals surface area contributed by atoms with Gasteiger partial charge in [0.1, 0.15) is 11.9 Å². The average Bonchev–Trinajstić information content (AvgIpc) is 3.26. The molecule has 1 atom stereocenters. The highest BCUT2D eigenvalue weighted by atomic mass is 16.2. The van der Waals surface area contributed by atoms with E-state index in [9.17, 15) is 4.79 Å². The highest BCUT2D eigenvalue weighted by Gasteiger charge is 2.17. The lowest BCUT2D eigenvalue weighted by Gasteiger charge is -2.15. The second-order valence-electron chi connectivity index (χ2n) is 5.64. The van der Waals surface area contributed by atoms with Gasteiger partial charge in [0, 0.05) is 37.0 Å². The third-order valence-corrected chi connectivity index (χ3v) is 4.04. The molecule has 0 spiro atoms. The Hall–Kier alpha value is -2.89. The van der Waals surface area contributed by atoms with E-state index in [0.717, 1.165) is 17.1 Å². The maximum atomic E-state index is 12.4. The van der Waals surface area contributed by atoms with Crippen molar-refractivity contribution in [3.05, 3.63) is 66.5 Å². The Morgan fingerprint density at radius 2 is 2.00 bits per heavy atom. The van der Waals surface area contributed by atoms with Gasteiger partial charge >= 0.3 is 0 Å². The van der Waals surface area contributed by atoms with Crippen molar-refractivity contribution < 1.29 is 4.79 Å². The predicted octanol–water partition coefficient (Wildman–Crippen LogP) is 2.64. The van der Waals surface area contributed by atoms with Crippen molar-refractivity contribution in [1.82, 2.24) is 24.6 Å². The van der Waals surface area contributed by atoms with Gasteiger partial charge in [-0.2, -0.15) is 5.10 Å². The first-order valence-electron chi connectivity index (χ1n) is 8.05. The minimum Gasteiger partial charge on any atom is -0.350 e. The number of hydrogen-bond acceptors (Lipinski definition) is 3. The Bertz CT molecular complexity index is 789. The minimum atomic E-state index is -0.270. The van der Waals surface area contributed by atoms with Crippen LogP contribution < -0.4 is 5.32 Å². The summed E-state index contributed by atoms with van der Waals surface area (Å²) in [6.45, 7) is 4.45. The number of amides is 1. The first-order chi connectivity index (χ1) is 11.7. The van der Waals surface area contributed by atoms with Gasteiger partial charge in [-0.1, -0.05) is 19.1 Å². The van der Waals surface area contributed by atoms with Gasteiger partial charge in [0.05, 0.1) is 0 Å². The van der Waals surface area contributed by atoms with Gasteiger partial charge in [-0.25, -0.2) is 4.98 Å². The molecule has 1 amide bonds. The molecule has 0 saturated heterocycles. The topological polar surface area (TPSA) is 64.7 Å². The molecule has 0 aliphatic rings. The summed E-state index contributed by atoms with van der Waals surface area (Å²) in [5, 5.41) is 7.14. The minimum absolute atomic E-state index is 0.0178. The molecule has 0 aliphatic carbocycles. The van der Waals surface area contributed by atoms with E-state index in [4.69, 9.17) is 0 Å². The standard InChI is InChI=1S/C18H21N5O/c1-3-17(23-11-4-9-21-23)18(24)20-13-15-5-7-16(8-6-15)22-12-10-19-14(22)2/h4-12,17H,3,13H2,1-2H3,(H,20,24)/t17-/m1/s1. The molecule has 0 saturated carbocycles. The molecular weight excluding hydrogens is 302 g/mol. The zero-order valence-electron chi connectivity index (χ0n) is 13.9. The average molecular weight is 323 g/mol. The van der Waals surface area contributed by atoms with Gasteiger partial charge in [-0.15, -0.1) is 0 Å². The molecule has 3 aromatic rings. The first-order valence-corrected chi connectivity index (χ1v) is 8.05. The Labute approximate surface area is 141 Å². The van der Waals surface area contributed by atoms with E-state index >= 15 is 0 Å². The number of carbonyl (C=O) groups is 1. The zero-order chi connectivity index (χ0) is 16.9. The van der Waals surface area contributed by atoms with Crippen LogP contribution in [-0.4, -0.2) is 25.2 Å². The molecule has 0 radical (unpaired) electrons. The molecule has 124 valence electrons. The number of benzene rings is 1. The maximum absolute atomic E-state index is 12.4. The summed E-state index contributed by atoms with van der Waals surface area (Å²) in [7, 11) is 0. The van der Waals surface area contributed by atoms with Gasteiger partial charge < -0.3 is 9.88 Å². The fourth-order valence-corrected chi connectivity index (χ4v) is 2.69. The second-order valence-corrected chi connectivity index (χ2v) is 5.64. The third kappa shape index (κ3) is 3.37. The van der Waals surface area contributed by atoms with Crippen LogP contribution in [0.25, 0.3) is 5.69 Å². The predicted molar refractivity (Wildman–Crippen MR) is 91.7 cm³/mol. The third-order valence-electron chi connectivity index (χ3n) is 4.04. The monoisotopic (exact) mass is 323 g/mol. The first kappa shape index (κ1) is 16.0. The van der Waals surface area contributed by atoms with E-state index in [1.54, 1.807) is 17.1 Å². The summed E-state index contributed by atoms with van der Waals surface area (Å²) in [6, 6.07) is 9.65. The SMILES string of the molecule is CC[C@H](C(=O)NCc1ccc(-n2ccnc2C)cc1)n1cccn1. The number of aromatic nitrogens is 4. The molecule has 3 rings (SSSR count). The fourth-order valence-electron chi connectivity index (χ4n) is 2.69. The van der Waals surface area contributed by atoms with Gasteiger partial charge in [0.25, 0.3) is 0 Å². The Morgan fingerprint density at radius 1 is 1.21 bits per heavy atom. The van der Waals surface area contributed by atoms with Crippen LogP contribution in [0.5, 0.6) is 0 Å². The van der Waals surface area contributed by atoms with Crippen molar-refractivity contribution in [2.24, 2.45) is 0 Å². The number of hydrogen-bond donors (Lipinski definition) is 1. The van der Waals surface area contributed by atoms with Crippen molar-refractivity contribution >= 4 is 5.91 Å². The Balaban J connectivity index is 1.62. The summed E-state index contributed by atoms with van der Waals surface area (Å²) < 4.78 is 3.72. The van der Waals surface area contributed by atoms with Crippen LogP contribution in [0.2, 0.25) is 0 Å². The van der Waals surface area contributed by atoms with Crippen LogP contribution in [0.4, 0.5) is 0 Å². The van der Waals surface area contributed by atoms with Crippen LogP contribution in [0.3, 0.4) is 0 Å². The molecule has 1 aromatic carbocycles. The molecule has 0 bridgehead atoms. The second kappa shape index (κ2) is 7.12. The number of carbonyl (C=O) groups excluding carboxylic acids is 1. The maximum Gasteiger partial charge on any atom is 0.245 e. The van der Waals surface area contributed by atoms with Crippen LogP contribution >= 0.6 is 0 Å². The normalized spacial score (nSPS) is 12.1. The van der Waals surface area contributed by atoms with Crippen molar-refractivity contribution in [2.75, 3.05) is 0 Å². The van der Waals surface area contributed by atoms with Gasteiger partial charge in [0.2, 0.25) is 5.91 Å². The molecule has 24 heavy (non-hydrogen) atoms. The van der Waals surface area contributed by atoms with E-state index in [-0.39, 0.29) is 11.9 Å². The highest BCUT2D eigenvalue weighted by molar-refractivity contribution is 5.80. The lowest BCUT2D eigenvalue weighted by atomic mass is 10.1. The number of nitrogens with zero attached hydrogens (tertiary/aromatic N) is 4. The van der Waals surface area contributed by atoms with Crippen molar-refractivity contribution in [3.63, 3.8) is 0 Å². The molecule has 2 aromatic heterocycles. The van der Waals surface area contributed by atoms with Crippen LogP contribution in [0.1, 0.15) is 30.8 Å². The molecule has 1 N–H and O–H groups in total. The fraction of sp³-hybridized carbons (Fsp3) is 0.278. The van der Waals surface area contributed by atoms with Gasteiger partial charge in [-0.3, -0.25) is 9.48 Å². The van der Waals surface area contributed by atoms with Crippen molar-refractivity contribution in [1.29, 1.82) is 0 Å².